The third kappa shape index (κ3) is 2.58. The molecule has 3 aromatic carbocycles. The van der Waals surface area contributed by atoms with E-state index in [0.29, 0.717) is 11.1 Å². The fourth-order valence-corrected chi connectivity index (χ4v) is 2.58. The van der Waals surface area contributed by atoms with Gasteiger partial charge in [-0.15, -0.1) is 0 Å². The molecule has 0 radical (unpaired) electrons. The van der Waals surface area contributed by atoms with Crippen LogP contribution >= 0.6 is 0 Å². The number of hydrogen-bond acceptors (Lipinski definition) is 2. The minimum Gasteiger partial charge on any atom is -0.388 e. The maximum absolute atomic E-state index is 13.4. The molecule has 0 heterocycles. The van der Waals surface area contributed by atoms with E-state index in [0.717, 1.165) is 22.0 Å². The first kappa shape index (κ1) is 14.3. The number of carbonyl (C=O) groups excluding carboxylic acids is 1. The summed E-state index contributed by atoms with van der Waals surface area (Å²) in [7, 11) is 1.79. The Bertz CT molecular complexity index is 870. The summed E-state index contributed by atoms with van der Waals surface area (Å²) >= 11 is 0. The van der Waals surface area contributed by atoms with Gasteiger partial charge in [0.05, 0.1) is 0 Å². The Morgan fingerprint density at radius 3 is 2.50 bits per heavy atom. The summed E-state index contributed by atoms with van der Waals surface area (Å²) in [4.78, 5) is 12.7. The Morgan fingerprint density at radius 1 is 0.955 bits per heavy atom. The average molecular weight is 293 g/mol. The number of ketones is 1. The largest absolute Gasteiger partial charge is 0.388 e. The molecule has 3 rings (SSSR count). The van der Waals surface area contributed by atoms with Gasteiger partial charge in [0.2, 0.25) is 0 Å². The molecule has 1 N–H and O–H groups in total. The van der Waals surface area contributed by atoms with Gasteiger partial charge in [0.15, 0.2) is 5.78 Å². The molecular formula is C19H16FNO. The second-order valence-electron chi connectivity index (χ2n) is 5.33. The summed E-state index contributed by atoms with van der Waals surface area (Å²) in [5.41, 5.74) is 3.05. The van der Waals surface area contributed by atoms with Gasteiger partial charge in [0.1, 0.15) is 5.82 Å². The molecule has 0 aromatic heterocycles. The second kappa shape index (κ2) is 5.60. The monoisotopic (exact) mass is 293 g/mol. The minimum atomic E-state index is -0.302. The molecule has 0 bridgehead atoms. The lowest BCUT2D eigenvalue weighted by molar-refractivity contribution is 0.103. The van der Waals surface area contributed by atoms with Crippen LogP contribution in [0.15, 0.2) is 54.6 Å². The molecule has 2 nitrogen and oxygen atoms in total. The van der Waals surface area contributed by atoms with E-state index < -0.39 is 0 Å². The zero-order valence-electron chi connectivity index (χ0n) is 12.5. The van der Waals surface area contributed by atoms with Gasteiger partial charge < -0.3 is 5.32 Å². The summed E-state index contributed by atoms with van der Waals surface area (Å²) in [6.45, 7) is 1.98. The number of hydrogen-bond donors (Lipinski definition) is 1. The van der Waals surface area contributed by atoms with Gasteiger partial charge >= 0.3 is 0 Å². The van der Waals surface area contributed by atoms with Crippen LogP contribution in [-0.4, -0.2) is 12.8 Å². The lowest BCUT2D eigenvalue weighted by atomic mass is 9.98. The Morgan fingerprint density at radius 2 is 1.73 bits per heavy atom. The van der Waals surface area contributed by atoms with E-state index in [2.05, 4.69) is 5.32 Å². The second-order valence-corrected chi connectivity index (χ2v) is 5.33. The van der Waals surface area contributed by atoms with Crippen LogP contribution in [-0.2, 0) is 0 Å². The molecule has 0 unspecified atom stereocenters. The number of carbonyl (C=O) groups is 1. The summed E-state index contributed by atoms with van der Waals surface area (Å²) in [5.74, 6) is -0.376. The van der Waals surface area contributed by atoms with Gasteiger partial charge in [-0.25, -0.2) is 4.39 Å². The topological polar surface area (TPSA) is 29.1 Å². The number of fused-ring (bicyclic) bond motifs is 1. The van der Waals surface area contributed by atoms with Crippen LogP contribution in [0.25, 0.3) is 10.8 Å². The van der Waals surface area contributed by atoms with Crippen LogP contribution in [0.5, 0.6) is 0 Å². The van der Waals surface area contributed by atoms with Gasteiger partial charge in [0, 0.05) is 23.9 Å². The zero-order chi connectivity index (χ0) is 15.7. The van der Waals surface area contributed by atoms with Crippen molar-refractivity contribution in [3.05, 3.63) is 77.1 Å². The smallest absolute Gasteiger partial charge is 0.195 e. The van der Waals surface area contributed by atoms with E-state index in [1.165, 1.54) is 12.1 Å². The normalized spacial score (nSPS) is 10.7. The molecule has 3 aromatic rings. The summed E-state index contributed by atoms with van der Waals surface area (Å²) in [6.07, 6.45) is 0. The zero-order valence-corrected chi connectivity index (χ0v) is 12.5. The Balaban J connectivity index is 2.09. The fourth-order valence-electron chi connectivity index (χ4n) is 2.58. The Labute approximate surface area is 128 Å². The molecule has 22 heavy (non-hydrogen) atoms. The molecule has 0 aliphatic carbocycles. The van der Waals surface area contributed by atoms with Crippen molar-refractivity contribution in [2.75, 3.05) is 12.4 Å². The third-order valence-corrected chi connectivity index (χ3v) is 3.75. The predicted octanol–water partition coefficient (Wildman–Crippen LogP) is 4.56. The summed E-state index contributed by atoms with van der Waals surface area (Å²) in [6, 6.07) is 15.6. The molecule has 110 valence electrons. The van der Waals surface area contributed by atoms with E-state index >= 15 is 0 Å². The SMILES string of the molecule is CNc1cc(C)ccc1C(=O)c1ccc2ccc(F)cc2c1. The van der Waals surface area contributed by atoms with Gasteiger partial charge in [-0.1, -0.05) is 24.3 Å². The molecule has 0 saturated carbocycles. The number of halogens is 1. The first-order valence-corrected chi connectivity index (χ1v) is 7.11. The minimum absolute atomic E-state index is 0.0736. The first-order valence-electron chi connectivity index (χ1n) is 7.11. The van der Waals surface area contributed by atoms with Crippen molar-refractivity contribution in [1.82, 2.24) is 0 Å². The fraction of sp³-hybridized carbons (Fsp3) is 0.105. The van der Waals surface area contributed by atoms with Crippen LogP contribution in [0.2, 0.25) is 0 Å². The summed E-state index contributed by atoms with van der Waals surface area (Å²) < 4.78 is 13.4. The van der Waals surface area contributed by atoms with Crippen molar-refractivity contribution in [1.29, 1.82) is 0 Å². The number of aryl methyl sites for hydroxylation is 1. The molecule has 0 aliphatic heterocycles. The number of anilines is 1. The van der Waals surface area contributed by atoms with Gasteiger partial charge in [-0.3, -0.25) is 4.79 Å². The van der Waals surface area contributed by atoms with Crippen molar-refractivity contribution < 1.29 is 9.18 Å². The van der Waals surface area contributed by atoms with Crippen LogP contribution in [0.1, 0.15) is 21.5 Å². The highest BCUT2D eigenvalue weighted by Crippen LogP contribution is 2.23. The maximum Gasteiger partial charge on any atom is 0.195 e. The highest BCUT2D eigenvalue weighted by Gasteiger charge is 2.14. The van der Waals surface area contributed by atoms with Crippen LogP contribution in [0.4, 0.5) is 10.1 Å². The molecule has 0 spiro atoms. The Hall–Kier alpha value is -2.68. The van der Waals surface area contributed by atoms with Crippen molar-refractivity contribution in [3.63, 3.8) is 0 Å². The maximum atomic E-state index is 13.4. The van der Waals surface area contributed by atoms with Crippen molar-refractivity contribution in [2.45, 2.75) is 6.92 Å². The molecule has 0 amide bonds. The van der Waals surface area contributed by atoms with Gasteiger partial charge in [-0.2, -0.15) is 0 Å². The molecule has 0 atom stereocenters. The lowest BCUT2D eigenvalue weighted by Crippen LogP contribution is -2.05. The first-order chi connectivity index (χ1) is 10.6. The van der Waals surface area contributed by atoms with Crippen LogP contribution in [0, 0.1) is 12.7 Å². The van der Waals surface area contributed by atoms with E-state index in [4.69, 9.17) is 0 Å². The number of nitrogens with one attached hydrogen (secondary N) is 1. The van der Waals surface area contributed by atoms with Crippen LogP contribution < -0.4 is 5.32 Å². The quantitative estimate of drug-likeness (QED) is 0.717. The van der Waals surface area contributed by atoms with Crippen LogP contribution in [0.3, 0.4) is 0 Å². The standard InChI is InChI=1S/C19H16FNO/c1-12-3-8-17(18(9-12)21-2)19(22)14-5-4-13-6-7-16(20)11-15(13)10-14/h3-11,21H,1-2H3. The van der Waals surface area contributed by atoms with Gasteiger partial charge in [0.25, 0.3) is 0 Å². The number of benzene rings is 3. The molecule has 3 heteroatoms. The highest BCUT2D eigenvalue weighted by atomic mass is 19.1. The molecule has 0 fully saturated rings. The predicted molar refractivity (Wildman–Crippen MR) is 88.1 cm³/mol. The average Bonchev–Trinajstić information content (AvgIpc) is 2.53. The number of rotatable bonds is 3. The van der Waals surface area contributed by atoms with Crippen molar-refractivity contribution in [3.8, 4) is 0 Å². The third-order valence-electron chi connectivity index (χ3n) is 3.75. The lowest BCUT2D eigenvalue weighted by Gasteiger charge is -2.10. The summed E-state index contributed by atoms with van der Waals surface area (Å²) in [5, 5.41) is 4.69. The molecule has 0 saturated heterocycles. The van der Waals surface area contributed by atoms with Crippen molar-refractivity contribution >= 4 is 22.2 Å². The van der Waals surface area contributed by atoms with Gasteiger partial charge in [-0.05, 0) is 53.6 Å². The van der Waals surface area contributed by atoms with E-state index in [1.54, 1.807) is 25.2 Å². The van der Waals surface area contributed by atoms with E-state index in [1.807, 2.05) is 31.2 Å². The molecule has 0 aliphatic rings. The van der Waals surface area contributed by atoms with Crippen molar-refractivity contribution in [2.24, 2.45) is 0 Å². The Kier molecular flexibility index (Phi) is 3.63. The van der Waals surface area contributed by atoms with E-state index in [9.17, 15) is 9.18 Å². The van der Waals surface area contributed by atoms with E-state index in [-0.39, 0.29) is 11.6 Å². The molecular weight excluding hydrogens is 277 g/mol. The highest BCUT2D eigenvalue weighted by molar-refractivity contribution is 6.13.